The van der Waals surface area contributed by atoms with Crippen LogP contribution >= 0.6 is 0 Å². The predicted octanol–water partition coefficient (Wildman–Crippen LogP) is 2.97. The van der Waals surface area contributed by atoms with Crippen molar-refractivity contribution in [1.82, 2.24) is 19.8 Å². The van der Waals surface area contributed by atoms with Gasteiger partial charge in [0, 0.05) is 31.3 Å². The quantitative estimate of drug-likeness (QED) is 0.766. The summed E-state index contributed by atoms with van der Waals surface area (Å²) in [5, 5.41) is 6.87. The lowest BCUT2D eigenvalue weighted by molar-refractivity contribution is -0.134. The Morgan fingerprint density at radius 1 is 1.17 bits per heavy atom. The maximum absolute atomic E-state index is 12.3. The first-order chi connectivity index (χ1) is 14.2. The van der Waals surface area contributed by atoms with Gasteiger partial charge in [0.05, 0.1) is 17.6 Å². The number of nitrogens with one attached hydrogen (secondary N) is 1. The maximum atomic E-state index is 12.3. The highest BCUT2D eigenvalue weighted by Gasteiger charge is 2.31. The van der Waals surface area contributed by atoms with Crippen LogP contribution in [0.15, 0.2) is 24.5 Å². The van der Waals surface area contributed by atoms with Gasteiger partial charge in [0.1, 0.15) is 5.60 Å². The average molecular weight is 412 g/mol. The molecule has 1 N–H and O–H groups in total. The highest BCUT2D eigenvalue weighted by atomic mass is 16.6. The van der Waals surface area contributed by atoms with E-state index in [0.717, 1.165) is 23.9 Å². The smallest absolute Gasteiger partial charge is 0.410 e. The molecule has 0 saturated carbocycles. The van der Waals surface area contributed by atoms with Crippen LogP contribution in [0.25, 0.3) is 5.52 Å². The number of imide groups is 1. The third kappa shape index (κ3) is 4.17. The number of carbonyl (C=O) groups is 3. The molecule has 0 aliphatic carbocycles. The van der Waals surface area contributed by atoms with Crippen molar-refractivity contribution in [3.05, 3.63) is 35.7 Å². The summed E-state index contributed by atoms with van der Waals surface area (Å²) in [5.41, 5.74) is 2.43. The highest BCUT2D eigenvalue weighted by Crippen LogP contribution is 2.32. The van der Waals surface area contributed by atoms with E-state index in [4.69, 9.17) is 4.74 Å². The Hall–Kier alpha value is -2.90. The van der Waals surface area contributed by atoms with E-state index in [-0.39, 0.29) is 23.8 Å². The topological polar surface area (TPSA) is 93.0 Å². The van der Waals surface area contributed by atoms with Gasteiger partial charge in [-0.15, -0.1) is 0 Å². The summed E-state index contributed by atoms with van der Waals surface area (Å²) in [7, 11) is 0. The van der Waals surface area contributed by atoms with Crippen molar-refractivity contribution in [1.29, 1.82) is 0 Å². The van der Waals surface area contributed by atoms with Crippen LogP contribution < -0.4 is 5.32 Å². The van der Waals surface area contributed by atoms with E-state index in [1.54, 1.807) is 11.1 Å². The van der Waals surface area contributed by atoms with E-state index in [9.17, 15) is 14.4 Å². The van der Waals surface area contributed by atoms with E-state index in [1.165, 1.54) is 5.56 Å². The summed E-state index contributed by atoms with van der Waals surface area (Å²) in [4.78, 5) is 37.7. The molecule has 2 aliphatic heterocycles. The number of carbonyl (C=O) groups excluding carboxylic acids is 3. The van der Waals surface area contributed by atoms with Gasteiger partial charge in [0.2, 0.25) is 11.8 Å². The van der Waals surface area contributed by atoms with Gasteiger partial charge in [-0.25, -0.2) is 9.31 Å². The van der Waals surface area contributed by atoms with E-state index >= 15 is 0 Å². The van der Waals surface area contributed by atoms with Crippen LogP contribution in [0.2, 0.25) is 0 Å². The molecule has 2 aromatic heterocycles. The van der Waals surface area contributed by atoms with E-state index < -0.39 is 5.60 Å². The number of rotatable bonds is 2. The molecule has 30 heavy (non-hydrogen) atoms. The Labute approximate surface area is 175 Å². The first kappa shape index (κ1) is 20.4. The van der Waals surface area contributed by atoms with Crippen LogP contribution in [-0.2, 0) is 14.3 Å². The van der Waals surface area contributed by atoms with Crippen molar-refractivity contribution in [2.45, 2.75) is 63.9 Å². The molecule has 2 saturated heterocycles. The molecular weight excluding hydrogens is 384 g/mol. The second-order valence-corrected chi connectivity index (χ2v) is 9.14. The molecular formula is C22H28N4O4. The molecule has 3 amide bonds. The Kier molecular flexibility index (Phi) is 5.26. The zero-order valence-corrected chi connectivity index (χ0v) is 17.7. The fourth-order valence-electron chi connectivity index (χ4n) is 4.24. The van der Waals surface area contributed by atoms with Crippen LogP contribution in [0.3, 0.4) is 0 Å². The zero-order chi connectivity index (χ0) is 21.5. The maximum Gasteiger partial charge on any atom is 0.410 e. The number of ether oxygens (including phenoxy) is 1. The van der Waals surface area contributed by atoms with Crippen LogP contribution in [0.4, 0.5) is 4.79 Å². The summed E-state index contributed by atoms with van der Waals surface area (Å²) in [6.07, 6.45) is 6.08. The molecule has 4 rings (SSSR count). The molecule has 8 nitrogen and oxygen atoms in total. The van der Waals surface area contributed by atoms with Gasteiger partial charge in [-0.1, -0.05) is 6.07 Å². The molecule has 1 unspecified atom stereocenters. The lowest BCUT2D eigenvalue weighted by Crippen LogP contribution is -2.41. The standard InChI is InChI=1S/C22H28N4O4/c1-22(2,3)30-21(29)25-10-8-14(9-11-25)15-4-6-18-17(12-23-26(18)13-15)16-5-7-19(27)24-20(16)28/h4,6,12-14,16H,5,7-11H2,1-3H3,(H,24,27,28). The van der Waals surface area contributed by atoms with Crippen molar-refractivity contribution >= 4 is 23.4 Å². The third-order valence-corrected chi connectivity index (χ3v) is 5.80. The Balaban J connectivity index is 1.45. The number of piperidine rings is 2. The lowest BCUT2D eigenvalue weighted by Gasteiger charge is -2.33. The van der Waals surface area contributed by atoms with Crippen molar-refractivity contribution in [3.8, 4) is 0 Å². The second kappa shape index (κ2) is 7.74. The summed E-state index contributed by atoms with van der Waals surface area (Å²) in [5.74, 6) is -0.466. The van der Waals surface area contributed by atoms with Gasteiger partial charge in [-0.3, -0.25) is 14.9 Å². The predicted molar refractivity (Wildman–Crippen MR) is 110 cm³/mol. The van der Waals surface area contributed by atoms with Gasteiger partial charge in [-0.2, -0.15) is 5.10 Å². The summed E-state index contributed by atoms with van der Waals surface area (Å²) >= 11 is 0. The van der Waals surface area contributed by atoms with Crippen LogP contribution in [0, 0.1) is 0 Å². The molecule has 0 radical (unpaired) electrons. The number of amides is 3. The van der Waals surface area contributed by atoms with E-state index in [0.29, 0.717) is 31.8 Å². The number of aromatic nitrogens is 2. The van der Waals surface area contributed by atoms with Crippen molar-refractivity contribution in [2.75, 3.05) is 13.1 Å². The largest absolute Gasteiger partial charge is 0.444 e. The van der Waals surface area contributed by atoms with Crippen LogP contribution in [0.5, 0.6) is 0 Å². The first-order valence-electron chi connectivity index (χ1n) is 10.5. The molecule has 0 aromatic carbocycles. The molecule has 2 aromatic rings. The van der Waals surface area contributed by atoms with Crippen molar-refractivity contribution in [3.63, 3.8) is 0 Å². The van der Waals surface area contributed by atoms with Crippen LogP contribution in [0.1, 0.15) is 69.4 Å². The number of fused-ring (bicyclic) bond motifs is 1. The minimum atomic E-state index is -0.487. The van der Waals surface area contributed by atoms with Crippen molar-refractivity contribution < 1.29 is 19.1 Å². The minimum absolute atomic E-state index is 0.215. The molecule has 4 heterocycles. The number of pyridine rings is 1. The second-order valence-electron chi connectivity index (χ2n) is 9.14. The number of likely N-dealkylation sites (tertiary alicyclic amines) is 1. The van der Waals surface area contributed by atoms with Crippen LogP contribution in [-0.4, -0.2) is 51.1 Å². The average Bonchev–Trinajstić information content (AvgIpc) is 3.10. The van der Waals surface area contributed by atoms with Gasteiger partial charge in [-0.05, 0) is 57.6 Å². The Morgan fingerprint density at radius 2 is 1.90 bits per heavy atom. The highest BCUT2D eigenvalue weighted by molar-refractivity contribution is 6.01. The SMILES string of the molecule is CC(C)(C)OC(=O)N1CCC(c2ccc3c(C4CCC(=O)NC4=O)cnn3c2)CC1. The summed E-state index contributed by atoms with van der Waals surface area (Å²) < 4.78 is 7.28. The number of hydrogen-bond donors (Lipinski definition) is 1. The Morgan fingerprint density at radius 3 is 2.57 bits per heavy atom. The van der Waals surface area contributed by atoms with Gasteiger partial charge >= 0.3 is 6.09 Å². The summed E-state index contributed by atoms with van der Waals surface area (Å²) in [6.45, 7) is 6.95. The van der Waals surface area contributed by atoms with E-state index in [2.05, 4.69) is 16.5 Å². The molecule has 0 spiro atoms. The van der Waals surface area contributed by atoms with Crippen molar-refractivity contribution in [2.24, 2.45) is 0 Å². The fraction of sp³-hybridized carbons (Fsp3) is 0.545. The molecule has 1 atom stereocenters. The molecule has 2 fully saturated rings. The third-order valence-electron chi connectivity index (χ3n) is 5.80. The van der Waals surface area contributed by atoms with E-state index in [1.807, 2.05) is 37.5 Å². The fourth-order valence-corrected chi connectivity index (χ4v) is 4.24. The monoisotopic (exact) mass is 412 g/mol. The van der Waals surface area contributed by atoms with Gasteiger partial charge in [0.25, 0.3) is 0 Å². The molecule has 2 aliphatic rings. The van der Waals surface area contributed by atoms with Gasteiger partial charge < -0.3 is 9.64 Å². The lowest BCUT2D eigenvalue weighted by atomic mass is 9.89. The molecule has 8 heteroatoms. The number of hydrogen-bond acceptors (Lipinski definition) is 5. The van der Waals surface area contributed by atoms with Gasteiger partial charge in [0.15, 0.2) is 0 Å². The summed E-state index contributed by atoms with van der Waals surface area (Å²) in [6, 6.07) is 4.09. The minimum Gasteiger partial charge on any atom is -0.444 e. The molecule has 160 valence electrons. The number of nitrogens with zero attached hydrogens (tertiary/aromatic N) is 3. The first-order valence-corrected chi connectivity index (χ1v) is 10.5. The zero-order valence-electron chi connectivity index (χ0n) is 17.7. The normalized spacial score (nSPS) is 21.0. The molecule has 0 bridgehead atoms. The Bertz CT molecular complexity index is 983.